The summed E-state index contributed by atoms with van der Waals surface area (Å²) in [6.45, 7) is 7.07. The molecule has 0 aliphatic carbocycles. The van der Waals surface area contributed by atoms with E-state index in [0.29, 0.717) is 6.04 Å². The van der Waals surface area contributed by atoms with Crippen LogP contribution in [0.3, 0.4) is 0 Å². The van der Waals surface area contributed by atoms with Gasteiger partial charge in [0.2, 0.25) is 0 Å². The van der Waals surface area contributed by atoms with Crippen LogP contribution in [-0.4, -0.2) is 18.3 Å². The van der Waals surface area contributed by atoms with Gasteiger partial charge >= 0.3 is 0 Å². The fourth-order valence-corrected chi connectivity index (χ4v) is 1.33. The Morgan fingerprint density at radius 3 is 2.82 bits per heavy atom. The molecule has 0 aromatic heterocycles. The number of rotatable bonds is 0. The number of allylic oxidation sites excluding steroid dienone is 2. The third-order valence-electron chi connectivity index (χ3n) is 1.71. The number of aliphatic imine (C=N–C) groups is 1. The topological polar surface area (TPSA) is 24.4 Å². The molecule has 0 aromatic carbocycles. The molecule has 1 N–H and O–H groups in total. The van der Waals surface area contributed by atoms with Crippen LogP contribution in [0.5, 0.6) is 0 Å². The van der Waals surface area contributed by atoms with Crippen molar-refractivity contribution in [2.24, 2.45) is 4.99 Å². The van der Waals surface area contributed by atoms with Gasteiger partial charge < -0.3 is 5.32 Å². The van der Waals surface area contributed by atoms with Crippen molar-refractivity contribution >= 4 is 21.6 Å². The first-order valence-corrected chi connectivity index (χ1v) is 4.55. The van der Waals surface area contributed by atoms with Crippen LogP contribution in [-0.2, 0) is 0 Å². The quantitative estimate of drug-likeness (QED) is 0.659. The van der Waals surface area contributed by atoms with Crippen molar-refractivity contribution in [1.29, 1.82) is 0 Å². The lowest BCUT2D eigenvalue weighted by molar-refractivity contribution is 0.630. The van der Waals surface area contributed by atoms with E-state index in [0.717, 1.165) is 16.7 Å². The van der Waals surface area contributed by atoms with Crippen molar-refractivity contribution in [2.75, 3.05) is 6.54 Å². The van der Waals surface area contributed by atoms with E-state index in [4.69, 9.17) is 0 Å². The number of nitrogens with one attached hydrogen (secondary N) is 1. The monoisotopic (exact) mass is 216 g/mol. The van der Waals surface area contributed by atoms with E-state index in [-0.39, 0.29) is 0 Å². The Labute approximate surface area is 75.9 Å². The zero-order chi connectivity index (χ0) is 8.43. The summed E-state index contributed by atoms with van der Waals surface area (Å²) < 4.78 is 1.10. The minimum absolute atomic E-state index is 0.444. The van der Waals surface area contributed by atoms with E-state index in [1.54, 1.807) is 0 Å². The van der Waals surface area contributed by atoms with Crippen molar-refractivity contribution < 1.29 is 0 Å². The average Bonchev–Trinajstić information content (AvgIpc) is 2.05. The Morgan fingerprint density at radius 1 is 1.55 bits per heavy atom. The van der Waals surface area contributed by atoms with Crippen LogP contribution in [0.2, 0.25) is 0 Å². The molecule has 0 aromatic rings. The van der Waals surface area contributed by atoms with E-state index in [9.17, 15) is 0 Å². The maximum atomic E-state index is 4.39. The lowest BCUT2D eigenvalue weighted by Crippen LogP contribution is -2.25. The van der Waals surface area contributed by atoms with Gasteiger partial charge in [0.05, 0.1) is 11.0 Å². The van der Waals surface area contributed by atoms with Gasteiger partial charge in [-0.25, -0.2) is 0 Å². The SMILES string of the molecule is CC1=NCC(C)NC(C)=C1Br. The molecule has 11 heavy (non-hydrogen) atoms. The second-order valence-electron chi connectivity index (χ2n) is 2.91. The van der Waals surface area contributed by atoms with Crippen LogP contribution in [0.25, 0.3) is 0 Å². The highest BCUT2D eigenvalue weighted by atomic mass is 79.9. The molecule has 2 nitrogen and oxygen atoms in total. The average molecular weight is 217 g/mol. The summed E-state index contributed by atoms with van der Waals surface area (Å²) in [7, 11) is 0. The summed E-state index contributed by atoms with van der Waals surface area (Å²) in [4.78, 5) is 4.39. The van der Waals surface area contributed by atoms with Crippen molar-refractivity contribution in [3.05, 3.63) is 10.2 Å². The summed E-state index contributed by atoms with van der Waals surface area (Å²) in [5, 5.41) is 3.34. The molecule has 0 bridgehead atoms. The summed E-state index contributed by atoms with van der Waals surface area (Å²) in [6.07, 6.45) is 0. The van der Waals surface area contributed by atoms with E-state index in [1.807, 2.05) is 6.92 Å². The Hall–Kier alpha value is -0.310. The largest absolute Gasteiger partial charge is 0.383 e. The molecule has 0 radical (unpaired) electrons. The molecule has 0 spiro atoms. The van der Waals surface area contributed by atoms with Gasteiger partial charge in [0.25, 0.3) is 0 Å². The minimum Gasteiger partial charge on any atom is -0.383 e. The van der Waals surface area contributed by atoms with Gasteiger partial charge in [-0.05, 0) is 36.7 Å². The van der Waals surface area contributed by atoms with E-state index >= 15 is 0 Å². The third-order valence-corrected chi connectivity index (χ3v) is 2.88. The Balaban J connectivity index is 2.90. The van der Waals surface area contributed by atoms with E-state index in [1.165, 1.54) is 5.70 Å². The molecular weight excluding hydrogens is 204 g/mol. The van der Waals surface area contributed by atoms with Crippen LogP contribution < -0.4 is 5.32 Å². The van der Waals surface area contributed by atoms with Crippen molar-refractivity contribution in [1.82, 2.24) is 5.32 Å². The normalized spacial score (nSPS) is 25.8. The van der Waals surface area contributed by atoms with Crippen LogP contribution in [0.1, 0.15) is 20.8 Å². The van der Waals surface area contributed by atoms with Crippen molar-refractivity contribution in [3.63, 3.8) is 0 Å². The van der Waals surface area contributed by atoms with Crippen LogP contribution in [0.15, 0.2) is 15.2 Å². The molecule has 0 fully saturated rings. The zero-order valence-electron chi connectivity index (χ0n) is 7.11. The number of nitrogens with zero attached hydrogens (tertiary/aromatic N) is 1. The predicted octanol–water partition coefficient (Wildman–Crippen LogP) is 2.07. The summed E-state index contributed by atoms with van der Waals surface area (Å²) in [5.74, 6) is 0. The molecular formula is C8H13BrN2. The van der Waals surface area contributed by atoms with Crippen molar-refractivity contribution in [3.8, 4) is 0 Å². The van der Waals surface area contributed by atoms with Gasteiger partial charge in [-0.2, -0.15) is 0 Å². The first-order chi connectivity index (χ1) is 5.11. The molecule has 1 rings (SSSR count). The second-order valence-corrected chi connectivity index (χ2v) is 3.70. The van der Waals surface area contributed by atoms with E-state index in [2.05, 4.69) is 40.1 Å². The number of hydrogen-bond donors (Lipinski definition) is 1. The van der Waals surface area contributed by atoms with Crippen LogP contribution in [0, 0.1) is 0 Å². The summed E-state index contributed by atoms with van der Waals surface area (Å²) in [6, 6.07) is 0.444. The van der Waals surface area contributed by atoms with E-state index < -0.39 is 0 Å². The first-order valence-electron chi connectivity index (χ1n) is 3.75. The molecule has 1 aliphatic rings. The Bertz CT molecular complexity index is 218. The number of halogens is 1. The smallest absolute Gasteiger partial charge is 0.0592 e. The lowest BCUT2D eigenvalue weighted by atomic mass is 10.3. The van der Waals surface area contributed by atoms with Crippen LogP contribution >= 0.6 is 15.9 Å². The highest BCUT2D eigenvalue weighted by Gasteiger charge is 2.10. The molecule has 0 saturated heterocycles. The molecule has 1 unspecified atom stereocenters. The highest BCUT2D eigenvalue weighted by Crippen LogP contribution is 2.15. The first kappa shape index (κ1) is 8.78. The predicted molar refractivity (Wildman–Crippen MR) is 52.2 cm³/mol. The Morgan fingerprint density at radius 2 is 2.18 bits per heavy atom. The van der Waals surface area contributed by atoms with Gasteiger partial charge in [-0.1, -0.05) is 0 Å². The van der Waals surface area contributed by atoms with Gasteiger partial charge in [-0.15, -0.1) is 0 Å². The summed E-state index contributed by atoms with van der Waals surface area (Å²) in [5.41, 5.74) is 2.26. The maximum Gasteiger partial charge on any atom is 0.0592 e. The molecule has 1 aliphatic heterocycles. The van der Waals surface area contributed by atoms with Gasteiger partial charge in [-0.3, -0.25) is 4.99 Å². The van der Waals surface area contributed by atoms with Crippen molar-refractivity contribution in [2.45, 2.75) is 26.8 Å². The zero-order valence-corrected chi connectivity index (χ0v) is 8.70. The Kier molecular flexibility index (Phi) is 2.71. The number of hydrogen-bond acceptors (Lipinski definition) is 2. The fraction of sp³-hybridized carbons (Fsp3) is 0.625. The molecule has 62 valence electrons. The fourth-order valence-electron chi connectivity index (χ4n) is 1.09. The maximum absolute atomic E-state index is 4.39. The molecule has 0 amide bonds. The lowest BCUT2D eigenvalue weighted by Gasteiger charge is -2.10. The van der Waals surface area contributed by atoms with Gasteiger partial charge in [0, 0.05) is 17.5 Å². The molecule has 3 heteroatoms. The second kappa shape index (κ2) is 3.39. The van der Waals surface area contributed by atoms with Gasteiger partial charge in [0.1, 0.15) is 0 Å². The van der Waals surface area contributed by atoms with Gasteiger partial charge in [0.15, 0.2) is 0 Å². The minimum atomic E-state index is 0.444. The molecule has 1 heterocycles. The summed E-state index contributed by atoms with van der Waals surface area (Å²) >= 11 is 3.48. The third kappa shape index (κ3) is 2.06. The highest BCUT2D eigenvalue weighted by molar-refractivity contribution is 9.12. The van der Waals surface area contributed by atoms with Crippen LogP contribution in [0.4, 0.5) is 0 Å². The molecule has 1 atom stereocenters. The molecule has 0 saturated carbocycles. The standard InChI is InChI=1S/C8H13BrN2/c1-5-4-10-6(2)8(9)7(3)11-5/h5,11H,4H2,1-3H3.